The fraction of sp³-hybridized carbons (Fsp3) is 0.778. The maximum absolute atomic E-state index is 11.8. The van der Waals surface area contributed by atoms with E-state index in [1.807, 2.05) is 13.8 Å². The number of rotatable bonds is 0. The SMILES string of the molecule is CC1(C)CNCC[C@@]12NC(=O)NC2=O.Cl. The Bertz CT molecular complexity index is 306. The van der Waals surface area contributed by atoms with Gasteiger partial charge >= 0.3 is 6.03 Å². The molecule has 2 saturated heterocycles. The lowest BCUT2D eigenvalue weighted by Gasteiger charge is -2.45. The summed E-state index contributed by atoms with van der Waals surface area (Å²) in [6, 6.07) is -0.370. The third-order valence-electron chi connectivity index (χ3n) is 3.34. The van der Waals surface area contributed by atoms with E-state index in [4.69, 9.17) is 0 Å². The van der Waals surface area contributed by atoms with Gasteiger partial charge in [0.25, 0.3) is 5.91 Å². The molecule has 0 saturated carbocycles. The summed E-state index contributed by atoms with van der Waals surface area (Å²) in [4.78, 5) is 22.9. The fourth-order valence-corrected chi connectivity index (χ4v) is 2.31. The molecule has 0 aromatic heterocycles. The molecule has 15 heavy (non-hydrogen) atoms. The Balaban J connectivity index is 0.00000112. The van der Waals surface area contributed by atoms with Crippen LogP contribution in [0.5, 0.6) is 0 Å². The Morgan fingerprint density at radius 1 is 1.27 bits per heavy atom. The lowest BCUT2D eigenvalue weighted by Crippen LogP contribution is -2.65. The number of carbonyl (C=O) groups excluding carboxylic acids is 2. The molecule has 3 N–H and O–H groups in total. The Kier molecular flexibility index (Phi) is 2.98. The zero-order valence-electron chi connectivity index (χ0n) is 8.85. The highest BCUT2D eigenvalue weighted by Gasteiger charge is 2.57. The number of nitrogens with one attached hydrogen (secondary N) is 3. The van der Waals surface area contributed by atoms with Crippen molar-refractivity contribution >= 4 is 24.3 Å². The molecule has 86 valence electrons. The van der Waals surface area contributed by atoms with E-state index < -0.39 is 5.54 Å². The molecule has 6 heteroatoms. The second kappa shape index (κ2) is 3.64. The number of hydrogen-bond acceptors (Lipinski definition) is 3. The van der Waals surface area contributed by atoms with Crippen LogP contribution in [0.2, 0.25) is 0 Å². The number of imide groups is 1. The largest absolute Gasteiger partial charge is 0.323 e. The van der Waals surface area contributed by atoms with Gasteiger partial charge in [0.05, 0.1) is 0 Å². The number of hydrogen-bond donors (Lipinski definition) is 3. The highest BCUT2D eigenvalue weighted by Crippen LogP contribution is 2.37. The van der Waals surface area contributed by atoms with Crippen molar-refractivity contribution in [2.24, 2.45) is 5.41 Å². The first kappa shape index (κ1) is 12.3. The minimum Gasteiger partial charge on any atom is -0.323 e. The van der Waals surface area contributed by atoms with Crippen LogP contribution in [-0.4, -0.2) is 30.6 Å². The summed E-state index contributed by atoms with van der Waals surface area (Å²) in [7, 11) is 0. The molecule has 2 aliphatic heterocycles. The van der Waals surface area contributed by atoms with Gasteiger partial charge in [-0.1, -0.05) is 13.8 Å². The predicted octanol–water partition coefficient (Wildman–Crippen LogP) is 0.00590. The normalized spacial score (nSPS) is 33.2. The van der Waals surface area contributed by atoms with Crippen LogP contribution in [0.4, 0.5) is 4.79 Å². The van der Waals surface area contributed by atoms with Gasteiger partial charge in [-0.05, 0) is 13.0 Å². The van der Waals surface area contributed by atoms with Gasteiger partial charge in [-0.3, -0.25) is 10.1 Å². The monoisotopic (exact) mass is 233 g/mol. The quantitative estimate of drug-likeness (QED) is 0.516. The molecule has 1 spiro atoms. The molecular weight excluding hydrogens is 218 g/mol. The van der Waals surface area contributed by atoms with Gasteiger partial charge in [0.1, 0.15) is 5.54 Å². The lowest BCUT2D eigenvalue weighted by molar-refractivity contribution is -0.129. The van der Waals surface area contributed by atoms with E-state index in [0.717, 1.165) is 13.1 Å². The average Bonchev–Trinajstić information content (AvgIpc) is 2.35. The van der Waals surface area contributed by atoms with Crippen LogP contribution in [-0.2, 0) is 4.79 Å². The van der Waals surface area contributed by atoms with E-state index in [-0.39, 0.29) is 29.8 Å². The zero-order chi connectivity index (χ0) is 10.4. The number of piperidine rings is 1. The minimum atomic E-state index is -0.713. The van der Waals surface area contributed by atoms with Crippen molar-refractivity contribution in [2.75, 3.05) is 13.1 Å². The highest BCUT2D eigenvalue weighted by molar-refractivity contribution is 6.07. The van der Waals surface area contributed by atoms with Crippen LogP contribution < -0.4 is 16.0 Å². The van der Waals surface area contributed by atoms with E-state index in [2.05, 4.69) is 16.0 Å². The van der Waals surface area contributed by atoms with E-state index in [9.17, 15) is 9.59 Å². The molecule has 0 aromatic carbocycles. The summed E-state index contributed by atoms with van der Waals surface area (Å²) >= 11 is 0. The van der Waals surface area contributed by atoms with Crippen molar-refractivity contribution in [1.82, 2.24) is 16.0 Å². The van der Waals surface area contributed by atoms with Gasteiger partial charge in [0.15, 0.2) is 0 Å². The van der Waals surface area contributed by atoms with Crippen LogP contribution in [0.1, 0.15) is 20.3 Å². The minimum absolute atomic E-state index is 0. The van der Waals surface area contributed by atoms with Crippen molar-refractivity contribution < 1.29 is 9.59 Å². The van der Waals surface area contributed by atoms with Crippen molar-refractivity contribution in [3.05, 3.63) is 0 Å². The first-order valence-corrected chi connectivity index (χ1v) is 4.82. The molecule has 0 unspecified atom stereocenters. The van der Waals surface area contributed by atoms with Gasteiger partial charge in [0.2, 0.25) is 0 Å². The average molecular weight is 234 g/mol. The van der Waals surface area contributed by atoms with Crippen molar-refractivity contribution in [3.8, 4) is 0 Å². The molecule has 1 atom stereocenters. The fourth-order valence-electron chi connectivity index (χ4n) is 2.31. The Morgan fingerprint density at radius 2 is 1.93 bits per heavy atom. The van der Waals surface area contributed by atoms with Gasteiger partial charge in [-0.25, -0.2) is 4.79 Å². The van der Waals surface area contributed by atoms with Gasteiger partial charge in [0, 0.05) is 12.0 Å². The van der Waals surface area contributed by atoms with Crippen LogP contribution in [0, 0.1) is 5.41 Å². The van der Waals surface area contributed by atoms with E-state index in [1.54, 1.807) is 0 Å². The summed E-state index contributed by atoms with van der Waals surface area (Å²) in [6.07, 6.45) is 0.650. The maximum atomic E-state index is 11.8. The van der Waals surface area contributed by atoms with Gasteiger partial charge < -0.3 is 10.6 Å². The smallest absolute Gasteiger partial charge is 0.322 e. The van der Waals surface area contributed by atoms with E-state index in [1.165, 1.54) is 0 Å². The van der Waals surface area contributed by atoms with Crippen LogP contribution >= 0.6 is 12.4 Å². The molecule has 3 amide bonds. The first-order valence-electron chi connectivity index (χ1n) is 4.82. The molecule has 0 bridgehead atoms. The Morgan fingerprint density at radius 3 is 2.40 bits per heavy atom. The summed E-state index contributed by atoms with van der Waals surface area (Å²) in [5.74, 6) is -0.186. The maximum Gasteiger partial charge on any atom is 0.322 e. The zero-order valence-corrected chi connectivity index (χ0v) is 9.66. The number of amides is 3. The molecule has 0 radical (unpaired) electrons. The molecule has 0 aromatic rings. The highest BCUT2D eigenvalue weighted by atomic mass is 35.5. The van der Waals surface area contributed by atoms with Gasteiger partial charge in [-0.2, -0.15) is 0 Å². The molecule has 0 aliphatic carbocycles. The first-order chi connectivity index (χ1) is 6.48. The van der Waals surface area contributed by atoms with E-state index >= 15 is 0 Å². The molecule has 5 nitrogen and oxygen atoms in total. The molecule has 2 rings (SSSR count). The summed E-state index contributed by atoms with van der Waals surface area (Å²) in [5, 5.41) is 8.32. The van der Waals surface area contributed by atoms with Gasteiger partial charge in [-0.15, -0.1) is 12.4 Å². The van der Waals surface area contributed by atoms with Crippen molar-refractivity contribution in [2.45, 2.75) is 25.8 Å². The number of halogens is 1. The third kappa shape index (κ3) is 1.59. The summed E-state index contributed by atoms with van der Waals surface area (Å²) in [6.45, 7) is 5.48. The van der Waals surface area contributed by atoms with Crippen LogP contribution in [0.15, 0.2) is 0 Å². The molecule has 2 heterocycles. The lowest BCUT2D eigenvalue weighted by atomic mass is 9.68. The Labute approximate surface area is 94.8 Å². The standard InChI is InChI=1S/C9H15N3O2.ClH/c1-8(2)5-10-4-3-9(8)6(13)11-7(14)12-9;/h10H,3-5H2,1-2H3,(H2,11,12,13,14);1H/t9-;/m0./s1. The molecule has 2 fully saturated rings. The number of urea groups is 1. The summed E-state index contributed by atoms with van der Waals surface area (Å²) in [5.41, 5.74) is -0.961. The predicted molar refractivity (Wildman–Crippen MR) is 57.9 cm³/mol. The Hall–Kier alpha value is -0.810. The second-order valence-corrected chi connectivity index (χ2v) is 4.62. The number of carbonyl (C=O) groups is 2. The van der Waals surface area contributed by atoms with Crippen LogP contribution in [0.25, 0.3) is 0 Å². The summed E-state index contributed by atoms with van der Waals surface area (Å²) < 4.78 is 0. The van der Waals surface area contributed by atoms with Crippen molar-refractivity contribution in [3.63, 3.8) is 0 Å². The molecular formula is C9H16ClN3O2. The van der Waals surface area contributed by atoms with E-state index in [0.29, 0.717) is 6.42 Å². The topological polar surface area (TPSA) is 70.2 Å². The second-order valence-electron chi connectivity index (χ2n) is 4.62. The van der Waals surface area contributed by atoms with Crippen LogP contribution in [0.3, 0.4) is 0 Å². The molecule has 2 aliphatic rings. The van der Waals surface area contributed by atoms with Crippen molar-refractivity contribution in [1.29, 1.82) is 0 Å². The third-order valence-corrected chi connectivity index (χ3v) is 3.34.